The van der Waals surface area contributed by atoms with E-state index in [1.165, 1.54) is 9.80 Å². The van der Waals surface area contributed by atoms with E-state index in [-0.39, 0.29) is 71.0 Å². The highest BCUT2D eigenvalue weighted by Crippen LogP contribution is 2.54. The van der Waals surface area contributed by atoms with Crippen molar-refractivity contribution in [2.24, 2.45) is 47.3 Å². The summed E-state index contributed by atoms with van der Waals surface area (Å²) >= 11 is 0. The molecule has 184 valence electrons. The molecule has 0 radical (unpaired) electrons. The standard InChI is InChI=1S/C30H24N2O5/c33-27-23-15-7-8-16(11-15)24(23)28(34)31(27)19-3-1-5-21(13-19)37-22-6-2-4-20(14-22)32-29(35)25-17-9-10-18(12-17)26(25)30(32)36/h1-10,13-18,23-26H,11-12H2. The summed E-state index contributed by atoms with van der Waals surface area (Å²) in [5, 5.41) is 0. The van der Waals surface area contributed by atoms with Crippen molar-refractivity contribution in [1.29, 1.82) is 0 Å². The molecule has 0 spiro atoms. The number of ether oxygens (including phenoxy) is 1. The Labute approximate surface area is 213 Å². The Bertz CT molecular complexity index is 1310. The second-order valence-corrected chi connectivity index (χ2v) is 11.1. The average molecular weight is 493 g/mol. The highest BCUT2D eigenvalue weighted by atomic mass is 16.5. The predicted octanol–water partition coefficient (Wildman–Crippen LogP) is 4.10. The van der Waals surface area contributed by atoms with Crippen molar-refractivity contribution in [3.63, 3.8) is 0 Å². The van der Waals surface area contributed by atoms with Gasteiger partial charge in [0.25, 0.3) is 0 Å². The summed E-state index contributed by atoms with van der Waals surface area (Å²) in [7, 11) is 0. The van der Waals surface area contributed by atoms with E-state index in [4.69, 9.17) is 4.74 Å². The first-order valence-corrected chi connectivity index (χ1v) is 13.0. The number of anilines is 2. The van der Waals surface area contributed by atoms with Gasteiger partial charge in [-0.2, -0.15) is 0 Å². The van der Waals surface area contributed by atoms with E-state index < -0.39 is 0 Å². The Morgan fingerprint density at radius 1 is 0.541 bits per heavy atom. The summed E-state index contributed by atoms with van der Waals surface area (Å²) in [4.78, 5) is 55.4. The summed E-state index contributed by atoms with van der Waals surface area (Å²) < 4.78 is 6.09. The normalized spacial score (nSPS) is 36.3. The van der Waals surface area contributed by atoms with Gasteiger partial charge in [-0.05, 0) is 60.8 Å². The summed E-state index contributed by atoms with van der Waals surface area (Å²) in [5.74, 6) is -0.0325. The quantitative estimate of drug-likeness (QED) is 0.474. The van der Waals surface area contributed by atoms with Gasteiger partial charge in [-0.1, -0.05) is 36.4 Å². The Kier molecular flexibility index (Phi) is 4.15. The molecule has 7 nitrogen and oxygen atoms in total. The molecule has 8 unspecified atom stereocenters. The fourth-order valence-electron chi connectivity index (χ4n) is 7.82. The number of amides is 4. The lowest BCUT2D eigenvalue weighted by molar-refractivity contribution is -0.124. The van der Waals surface area contributed by atoms with Gasteiger partial charge in [0, 0.05) is 12.1 Å². The molecule has 2 aromatic carbocycles. The van der Waals surface area contributed by atoms with Crippen LogP contribution < -0.4 is 14.5 Å². The molecule has 4 fully saturated rings. The van der Waals surface area contributed by atoms with Crippen LogP contribution in [0.5, 0.6) is 11.5 Å². The SMILES string of the molecule is O=C1C2C3C=CC(C3)C2C(=O)N1c1cccc(Oc2cccc(N3C(=O)C4C5C=CC(C5)C4C3=O)c2)c1. The van der Waals surface area contributed by atoms with Crippen LogP contribution in [0.15, 0.2) is 72.8 Å². The fraction of sp³-hybridized carbons (Fsp3) is 0.333. The lowest BCUT2D eigenvalue weighted by Crippen LogP contribution is -2.32. The van der Waals surface area contributed by atoms with Gasteiger partial charge >= 0.3 is 0 Å². The Hall–Kier alpha value is -4.00. The highest BCUT2D eigenvalue weighted by Gasteiger charge is 2.60. The first-order chi connectivity index (χ1) is 18.0. The van der Waals surface area contributed by atoms with Crippen LogP contribution in [0.3, 0.4) is 0 Å². The van der Waals surface area contributed by atoms with E-state index in [0.29, 0.717) is 22.9 Å². The van der Waals surface area contributed by atoms with Crippen LogP contribution in [0.25, 0.3) is 0 Å². The number of fused-ring (bicyclic) bond motifs is 10. The number of rotatable bonds is 4. The lowest BCUT2D eigenvalue weighted by atomic mass is 9.85. The van der Waals surface area contributed by atoms with E-state index in [0.717, 1.165) is 12.8 Å². The van der Waals surface area contributed by atoms with Gasteiger partial charge in [0.2, 0.25) is 23.6 Å². The van der Waals surface area contributed by atoms with Crippen molar-refractivity contribution in [3.05, 3.63) is 72.8 Å². The van der Waals surface area contributed by atoms with Crippen molar-refractivity contribution in [1.82, 2.24) is 0 Å². The predicted molar refractivity (Wildman–Crippen MR) is 133 cm³/mol. The zero-order valence-electron chi connectivity index (χ0n) is 19.9. The van der Waals surface area contributed by atoms with Gasteiger partial charge in [-0.3, -0.25) is 19.2 Å². The molecule has 2 heterocycles. The minimum absolute atomic E-state index is 0.133. The minimum Gasteiger partial charge on any atom is -0.457 e. The summed E-state index contributed by atoms with van der Waals surface area (Å²) in [6.07, 6.45) is 10.1. The molecule has 8 rings (SSSR count). The molecule has 4 bridgehead atoms. The second kappa shape index (κ2) is 7.28. The molecule has 2 aliphatic heterocycles. The zero-order valence-corrected chi connectivity index (χ0v) is 19.9. The van der Waals surface area contributed by atoms with Crippen molar-refractivity contribution in [2.45, 2.75) is 12.8 Å². The summed E-state index contributed by atoms with van der Waals surface area (Å²) in [5.41, 5.74) is 0.997. The van der Waals surface area contributed by atoms with E-state index in [9.17, 15) is 19.2 Å². The molecule has 4 aliphatic carbocycles. The third kappa shape index (κ3) is 2.77. The third-order valence-electron chi connectivity index (χ3n) is 9.33. The van der Waals surface area contributed by atoms with Crippen LogP contribution in [0.1, 0.15) is 12.8 Å². The number of imide groups is 2. The van der Waals surface area contributed by atoms with Crippen LogP contribution >= 0.6 is 0 Å². The number of benzene rings is 2. The van der Waals surface area contributed by atoms with E-state index in [1.807, 2.05) is 0 Å². The molecular formula is C30H24N2O5. The van der Waals surface area contributed by atoms with Gasteiger partial charge < -0.3 is 4.74 Å². The van der Waals surface area contributed by atoms with Crippen LogP contribution in [0.2, 0.25) is 0 Å². The first kappa shape index (κ1) is 21.1. The van der Waals surface area contributed by atoms with E-state index in [1.54, 1.807) is 48.5 Å². The Morgan fingerprint density at radius 3 is 1.24 bits per heavy atom. The molecule has 8 atom stereocenters. The van der Waals surface area contributed by atoms with Crippen molar-refractivity contribution in [3.8, 4) is 11.5 Å². The Morgan fingerprint density at radius 2 is 0.892 bits per heavy atom. The average Bonchev–Trinajstić information content (AvgIpc) is 3.73. The van der Waals surface area contributed by atoms with Crippen molar-refractivity contribution >= 4 is 35.0 Å². The van der Waals surface area contributed by atoms with Crippen molar-refractivity contribution < 1.29 is 23.9 Å². The maximum atomic E-state index is 13.2. The topological polar surface area (TPSA) is 84.0 Å². The van der Waals surface area contributed by atoms with Crippen LogP contribution in [-0.4, -0.2) is 23.6 Å². The molecule has 6 aliphatic rings. The number of hydrogen-bond acceptors (Lipinski definition) is 5. The number of hydrogen-bond donors (Lipinski definition) is 0. The van der Waals surface area contributed by atoms with Crippen molar-refractivity contribution in [2.75, 3.05) is 9.80 Å². The molecule has 7 heteroatoms. The summed E-state index contributed by atoms with van der Waals surface area (Å²) in [6.45, 7) is 0. The molecule has 0 aromatic heterocycles. The molecule has 2 aromatic rings. The third-order valence-corrected chi connectivity index (χ3v) is 9.33. The molecular weight excluding hydrogens is 468 g/mol. The smallest absolute Gasteiger partial charge is 0.238 e. The van der Waals surface area contributed by atoms with Gasteiger partial charge in [0.1, 0.15) is 11.5 Å². The molecule has 0 N–H and O–H groups in total. The highest BCUT2D eigenvalue weighted by molar-refractivity contribution is 6.23. The van der Waals surface area contributed by atoms with Gasteiger partial charge in [0.05, 0.1) is 35.0 Å². The Balaban J connectivity index is 1.05. The monoisotopic (exact) mass is 492 g/mol. The maximum absolute atomic E-state index is 13.2. The maximum Gasteiger partial charge on any atom is 0.238 e. The number of carbonyl (C=O) groups excluding carboxylic acids is 4. The molecule has 37 heavy (non-hydrogen) atoms. The minimum atomic E-state index is -0.260. The summed E-state index contributed by atoms with van der Waals surface area (Å²) in [6, 6.07) is 13.9. The second-order valence-electron chi connectivity index (χ2n) is 11.1. The lowest BCUT2D eigenvalue weighted by Gasteiger charge is -2.19. The number of allylic oxidation sites excluding steroid dienone is 4. The fourth-order valence-corrected chi connectivity index (χ4v) is 7.82. The molecule has 2 saturated carbocycles. The van der Waals surface area contributed by atoms with Gasteiger partial charge in [-0.15, -0.1) is 0 Å². The van der Waals surface area contributed by atoms with Crippen LogP contribution in [0.4, 0.5) is 11.4 Å². The van der Waals surface area contributed by atoms with Gasteiger partial charge in [0.15, 0.2) is 0 Å². The largest absolute Gasteiger partial charge is 0.457 e. The van der Waals surface area contributed by atoms with E-state index >= 15 is 0 Å². The van der Waals surface area contributed by atoms with Crippen LogP contribution in [-0.2, 0) is 19.2 Å². The van der Waals surface area contributed by atoms with E-state index in [2.05, 4.69) is 24.3 Å². The zero-order chi connectivity index (χ0) is 25.0. The first-order valence-electron chi connectivity index (χ1n) is 13.0. The number of nitrogens with zero attached hydrogens (tertiary/aromatic N) is 2. The van der Waals surface area contributed by atoms with Gasteiger partial charge in [-0.25, -0.2) is 9.80 Å². The number of carbonyl (C=O) groups is 4. The molecule has 4 amide bonds. The molecule has 2 saturated heterocycles. The van der Waals surface area contributed by atoms with Crippen LogP contribution in [0, 0.1) is 47.3 Å².